The second-order valence-corrected chi connectivity index (χ2v) is 9.13. The minimum absolute atomic E-state index is 0.217. The van der Waals surface area contributed by atoms with E-state index in [9.17, 15) is 8.42 Å². The zero-order valence-electron chi connectivity index (χ0n) is 15.5. The van der Waals surface area contributed by atoms with Crippen LogP contribution in [-0.2, 0) is 19.5 Å². The molecule has 1 N–H and O–H groups in total. The van der Waals surface area contributed by atoms with Gasteiger partial charge in [0.2, 0.25) is 10.0 Å². The van der Waals surface area contributed by atoms with Crippen molar-refractivity contribution in [2.45, 2.75) is 68.3 Å². The Hall–Kier alpha value is -0.950. The smallest absolute Gasteiger partial charge is 0.240 e. The summed E-state index contributed by atoms with van der Waals surface area (Å²) in [6.45, 7) is 2.37. The van der Waals surface area contributed by atoms with Crippen molar-refractivity contribution in [2.75, 3.05) is 26.4 Å². The second kappa shape index (κ2) is 9.83. The molecule has 1 aliphatic carbocycles. The van der Waals surface area contributed by atoms with Gasteiger partial charge in [-0.05, 0) is 55.7 Å². The molecule has 3 rings (SSSR count). The summed E-state index contributed by atoms with van der Waals surface area (Å²) in [6, 6.07) is 7.44. The van der Waals surface area contributed by atoms with Crippen molar-refractivity contribution in [3.8, 4) is 0 Å². The highest BCUT2D eigenvalue weighted by Crippen LogP contribution is 2.32. The quantitative estimate of drug-likeness (QED) is 0.664. The molecule has 1 heterocycles. The first kappa shape index (κ1) is 19.8. The summed E-state index contributed by atoms with van der Waals surface area (Å²) in [5, 5.41) is 0. The first-order chi connectivity index (χ1) is 12.6. The molecule has 0 radical (unpaired) electrons. The Morgan fingerprint density at radius 3 is 2.50 bits per heavy atom. The molecule has 146 valence electrons. The van der Waals surface area contributed by atoms with E-state index in [0.29, 0.717) is 37.0 Å². The van der Waals surface area contributed by atoms with Crippen LogP contribution in [0.2, 0.25) is 0 Å². The molecule has 1 aromatic carbocycles. The molecule has 1 saturated heterocycles. The molecule has 1 unspecified atom stereocenters. The molecule has 1 aromatic rings. The first-order valence-corrected chi connectivity index (χ1v) is 11.4. The molecule has 0 bridgehead atoms. The van der Waals surface area contributed by atoms with Crippen molar-refractivity contribution in [3.63, 3.8) is 0 Å². The van der Waals surface area contributed by atoms with Crippen LogP contribution in [0.15, 0.2) is 29.2 Å². The Labute approximate surface area is 157 Å². The number of sulfonamides is 1. The molecular weight excluding hydrogens is 350 g/mol. The van der Waals surface area contributed by atoms with Crippen LogP contribution in [0.1, 0.15) is 62.8 Å². The number of ether oxygens (including phenoxy) is 2. The Balaban J connectivity index is 1.39. The van der Waals surface area contributed by atoms with E-state index < -0.39 is 10.0 Å². The lowest BCUT2D eigenvalue weighted by Gasteiger charge is -2.22. The van der Waals surface area contributed by atoms with Gasteiger partial charge in [0, 0.05) is 19.8 Å². The lowest BCUT2D eigenvalue weighted by molar-refractivity contribution is 0.0169. The lowest BCUT2D eigenvalue weighted by atomic mass is 9.84. The largest absolute Gasteiger partial charge is 0.379 e. The van der Waals surface area contributed by atoms with Crippen molar-refractivity contribution < 1.29 is 17.9 Å². The molecule has 2 aliphatic rings. The molecule has 0 aromatic heterocycles. The van der Waals surface area contributed by atoms with Crippen molar-refractivity contribution in [1.82, 2.24) is 4.72 Å². The van der Waals surface area contributed by atoms with Gasteiger partial charge in [-0.25, -0.2) is 13.1 Å². The van der Waals surface area contributed by atoms with E-state index in [0.717, 1.165) is 19.4 Å². The zero-order chi connectivity index (χ0) is 18.2. The third-order valence-corrected chi connectivity index (χ3v) is 6.83. The molecule has 1 aliphatic heterocycles. The number of rotatable bonds is 9. The summed E-state index contributed by atoms with van der Waals surface area (Å²) in [6.07, 6.45) is 9.36. The van der Waals surface area contributed by atoms with Crippen LogP contribution in [0.3, 0.4) is 0 Å². The van der Waals surface area contributed by atoms with Crippen LogP contribution in [0.4, 0.5) is 0 Å². The van der Waals surface area contributed by atoms with Gasteiger partial charge in [0.1, 0.15) is 0 Å². The maximum Gasteiger partial charge on any atom is 0.240 e. The Kier molecular flexibility index (Phi) is 7.49. The van der Waals surface area contributed by atoms with Gasteiger partial charge < -0.3 is 9.47 Å². The normalized spacial score (nSPS) is 21.9. The average molecular weight is 382 g/mol. The van der Waals surface area contributed by atoms with E-state index >= 15 is 0 Å². The molecule has 1 saturated carbocycles. The zero-order valence-corrected chi connectivity index (χ0v) is 16.3. The van der Waals surface area contributed by atoms with Crippen molar-refractivity contribution in [1.29, 1.82) is 0 Å². The molecule has 26 heavy (non-hydrogen) atoms. The Bertz CT molecular complexity index is 632. The summed E-state index contributed by atoms with van der Waals surface area (Å²) < 4.78 is 38.5. The van der Waals surface area contributed by atoms with Crippen LogP contribution >= 0.6 is 0 Å². The fourth-order valence-corrected chi connectivity index (χ4v) is 4.88. The maximum atomic E-state index is 12.4. The predicted molar refractivity (Wildman–Crippen MR) is 102 cm³/mol. The first-order valence-electron chi connectivity index (χ1n) is 9.94. The summed E-state index contributed by atoms with van der Waals surface area (Å²) in [5.74, 6) is 0.592. The Morgan fingerprint density at radius 1 is 1.04 bits per heavy atom. The van der Waals surface area contributed by atoms with E-state index in [1.165, 1.54) is 37.7 Å². The van der Waals surface area contributed by atoms with Crippen molar-refractivity contribution in [3.05, 3.63) is 29.8 Å². The molecule has 0 spiro atoms. The summed E-state index contributed by atoms with van der Waals surface area (Å²) in [5.41, 5.74) is 1.27. The lowest BCUT2D eigenvalue weighted by Crippen LogP contribution is -2.26. The van der Waals surface area contributed by atoms with Gasteiger partial charge in [-0.1, -0.05) is 31.4 Å². The van der Waals surface area contributed by atoms with E-state index in [2.05, 4.69) is 4.72 Å². The highest BCUT2D eigenvalue weighted by molar-refractivity contribution is 7.89. The van der Waals surface area contributed by atoms with Gasteiger partial charge in [0.05, 0.1) is 17.6 Å². The molecule has 6 heteroatoms. The van der Waals surface area contributed by atoms with Crippen LogP contribution in [0.5, 0.6) is 0 Å². The topological polar surface area (TPSA) is 64.6 Å². The van der Waals surface area contributed by atoms with Crippen LogP contribution in [-0.4, -0.2) is 40.9 Å². The summed E-state index contributed by atoms with van der Waals surface area (Å²) in [4.78, 5) is 0.345. The van der Waals surface area contributed by atoms with Crippen molar-refractivity contribution in [2.24, 2.45) is 0 Å². The molecule has 1 atom stereocenters. The summed E-state index contributed by atoms with van der Waals surface area (Å²) in [7, 11) is -3.44. The van der Waals surface area contributed by atoms with Crippen LogP contribution in [0, 0.1) is 0 Å². The minimum Gasteiger partial charge on any atom is -0.379 e. The van der Waals surface area contributed by atoms with Gasteiger partial charge in [-0.2, -0.15) is 0 Å². The third-order valence-electron chi connectivity index (χ3n) is 5.35. The molecule has 0 amide bonds. The number of hydrogen-bond acceptors (Lipinski definition) is 4. The Morgan fingerprint density at radius 2 is 1.81 bits per heavy atom. The van der Waals surface area contributed by atoms with E-state index in [1.807, 2.05) is 12.1 Å². The average Bonchev–Trinajstić information content (AvgIpc) is 3.19. The van der Waals surface area contributed by atoms with E-state index in [-0.39, 0.29) is 6.10 Å². The SMILES string of the molecule is O=S(=O)(NCCCOCC1CCCO1)c1ccc(C2CCCCC2)cc1. The standard InChI is InChI=1S/C20H31NO4S/c22-26(23,21-13-5-14-24-16-19-8-4-15-25-19)20-11-9-18(10-12-20)17-6-2-1-3-7-17/h9-12,17,19,21H,1-8,13-16H2. The van der Waals surface area contributed by atoms with Gasteiger partial charge in [0.15, 0.2) is 0 Å². The highest BCUT2D eigenvalue weighted by Gasteiger charge is 2.18. The number of nitrogens with one attached hydrogen (secondary N) is 1. The highest BCUT2D eigenvalue weighted by atomic mass is 32.2. The molecule has 5 nitrogen and oxygen atoms in total. The number of hydrogen-bond donors (Lipinski definition) is 1. The van der Waals surface area contributed by atoms with Gasteiger partial charge in [0.25, 0.3) is 0 Å². The van der Waals surface area contributed by atoms with Crippen LogP contribution in [0.25, 0.3) is 0 Å². The second-order valence-electron chi connectivity index (χ2n) is 7.37. The maximum absolute atomic E-state index is 12.4. The molecular formula is C20H31NO4S. The fraction of sp³-hybridized carbons (Fsp3) is 0.700. The predicted octanol–water partition coefficient (Wildman–Crippen LogP) is 3.60. The van der Waals surface area contributed by atoms with Gasteiger partial charge in [-0.15, -0.1) is 0 Å². The molecule has 2 fully saturated rings. The van der Waals surface area contributed by atoms with Crippen LogP contribution < -0.4 is 4.72 Å². The minimum atomic E-state index is -3.44. The third kappa shape index (κ3) is 5.78. The van der Waals surface area contributed by atoms with Gasteiger partial charge in [-0.3, -0.25) is 0 Å². The van der Waals surface area contributed by atoms with Gasteiger partial charge >= 0.3 is 0 Å². The number of benzene rings is 1. The van der Waals surface area contributed by atoms with E-state index in [1.54, 1.807) is 12.1 Å². The van der Waals surface area contributed by atoms with Crippen molar-refractivity contribution >= 4 is 10.0 Å². The fourth-order valence-electron chi connectivity index (χ4n) is 3.81. The van der Waals surface area contributed by atoms with E-state index in [4.69, 9.17) is 9.47 Å². The summed E-state index contributed by atoms with van der Waals surface area (Å²) >= 11 is 0. The monoisotopic (exact) mass is 381 g/mol.